The van der Waals surface area contributed by atoms with Gasteiger partial charge >= 0.3 is 0 Å². The Morgan fingerprint density at radius 1 is 1.08 bits per heavy atom. The first-order chi connectivity index (χ1) is 17.3. The Bertz CT molecular complexity index is 1310. The average molecular weight is 590 g/mol. The van der Waals surface area contributed by atoms with E-state index in [9.17, 15) is 9.59 Å². The maximum Gasteiger partial charge on any atom is 0.254 e. The van der Waals surface area contributed by atoms with Crippen LogP contribution in [0.15, 0.2) is 52.1 Å². The Balaban J connectivity index is 1.21. The molecule has 2 saturated carbocycles. The molecule has 0 unspecified atom stereocenters. The molecule has 1 heterocycles. The third-order valence-corrected chi connectivity index (χ3v) is 9.05. The van der Waals surface area contributed by atoms with Crippen molar-refractivity contribution in [3.8, 4) is 11.5 Å². The zero-order valence-corrected chi connectivity index (χ0v) is 22.5. The molecule has 4 atom stereocenters. The van der Waals surface area contributed by atoms with Gasteiger partial charge in [-0.2, -0.15) is 10.1 Å². The van der Waals surface area contributed by atoms with Crippen molar-refractivity contribution in [2.45, 2.75) is 26.4 Å². The summed E-state index contributed by atoms with van der Waals surface area (Å²) in [5.74, 6) is 0.456. The first-order valence-electron chi connectivity index (χ1n) is 12.0. The number of carbonyl (C=O) groups is 2. The average Bonchev–Trinajstić information content (AvgIpc) is 3.44. The molecule has 186 valence electrons. The SMILES string of the molecule is CCOc1cc(/C=N\N2C(=O)[C@@H]3[C@H](C2=O)[C@H]2C=C[C@H]3C23CC3)cc(Br)c1OCc1ccc(Cl)cc1Cl. The highest BCUT2D eigenvalue weighted by atomic mass is 79.9. The second-order valence-corrected chi connectivity index (χ2v) is 11.4. The van der Waals surface area contributed by atoms with Gasteiger partial charge in [0.2, 0.25) is 0 Å². The van der Waals surface area contributed by atoms with Crippen molar-refractivity contribution in [2.24, 2.45) is 34.2 Å². The Labute approximate surface area is 227 Å². The lowest BCUT2D eigenvalue weighted by molar-refractivity contribution is -0.141. The Morgan fingerprint density at radius 3 is 2.39 bits per heavy atom. The minimum atomic E-state index is -0.270. The van der Waals surface area contributed by atoms with Crippen LogP contribution in [0.25, 0.3) is 0 Å². The summed E-state index contributed by atoms with van der Waals surface area (Å²) in [5.41, 5.74) is 1.62. The molecule has 3 fully saturated rings. The van der Waals surface area contributed by atoms with Crippen molar-refractivity contribution >= 4 is 57.2 Å². The molecule has 2 aromatic rings. The van der Waals surface area contributed by atoms with Crippen LogP contribution < -0.4 is 9.47 Å². The predicted octanol–water partition coefficient (Wildman–Crippen LogP) is 6.26. The summed E-state index contributed by atoms with van der Waals surface area (Å²) in [6.07, 6.45) is 8.04. The standard InChI is InChI=1S/C27H23BrCl2N2O4/c1-2-35-21-10-14(9-19(28)24(21)36-13-15-3-4-16(29)11-20(15)30)12-31-32-25(33)22-17-5-6-18(23(22)26(32)34)27(17)7-8-27/h3-6,9-12,17-18,22-23H,2,7-8,13H2,1H3/b31-12-/t17-,18-,22-,23+/m1/s1. The number of nitrogens with zero attached hydrogens (tertiary/aromatic N) is 2. The van der Waals surface area contributed by atoms with Gasteiger partial charge in [-0.25, -0.2) is 0 Å². The number of rotatable bonds is 7. The quantitative estimate of drug-likeness (QED) is 0.217. The van der Waals surface area contributed by atoms with Crippen molar-refractivity contribution in [3.63, 3.8) is 0 Å². The normalized spacial score (nSPS) is 26.9. The van der Waals surface area contributed by atoms with Crippen LogP contribution in [-0.2, 0) is 16.2 Å². The van der Waals surface area contributed by atoms with E-state index in [1.807, 2.05) is 13.0 Å². The Hall–Kier alpha value is -2.35. The summed E-state index contributed by atoms with van der Waals surface area (Å²) in [7, 11) is 0. The van der Waals surface area contributed by atoms with E-state index in [0.29, 0.717) is 38.2 Å². The van der Waals surface area contributed by atoms with Gasteiger partial charge in [0.25, 0.3) is 11.8 Å². The van der Waals surface area contributed by atoms with Crippen LogP contribution in [-0.4, -0.2) is 29.6 Å². The number of imide groups is 1. The molecule has 2 aromatic carbocycles. The van der Waals surface area contributed by atoms with Crippen molar-refractivity contribution in [2.75, 3.05) is 6.61 Å². The molecule has 1 saturated heterocycles. The first kappa shape index (κ1) is 24.0. The molecule has 3 aliphatic carbocycles. The van der Waals surface area contributed by atoms with Crippen molar-refractivity contribution in [1.29, 1.82) is 0 Å². The fraction of sp³-hybridized carbons (Fsp3) is 0.370. The molecule has 0 N–H and O–H groups in total. The largest absolute Gasteiger partial charge is 0.490 e. The maximum atomic E-state index is 13.2. The molecule has 2 bridgehead atoms. The number of fused-ring (bicyclic) bond motifs is 3. The third-order valence-electron chi connectivity index (χ3n) is 7.87. The Kier molecular flexibility index (Phi) is 5.93. The van der Waals surface area contributed by atoms with E-state index in [2.05, 4.69) is 33.2 Å². The van der Waals surface area contributed by atoms with Crippen LogP contribution in [0.5, 0.6) is 11.5 Å². The van der Waals surface area contributed by atoms with Gasteiger partial charge in [0.05, 0.1) is 29.1 Å². The summed E-state index contributed by atoms with van der Waals surface area (Å²) in [6.45, 7) is 2.53. The molecule has 0 aromatic heterocycles. The molecule has 6 rings (SSSR count). The lowest BCUT2D eigenvalue weighted by atomic mass is 9.85. The molecule has 6 nitrogen and oxygen atoms in total. The van der Waals surface area contributed by atoms with E-state index in [-0.39, 0.29) is 47.5 Å². The van der Waals surface area contributed by atoms with E-state index in [1.165, 1.54) is 6.21 Å². The molecule has 9 heteroatoms. The number of benzene rings is 2. The van der Waals surface area contributed by atoms with Gasteiger partial charge in [-0.3, -0.25) is 9.59 Å². The number of carbonyl (C=O) groups excluding carboxylic acids is 2. The third kappa shape index (κ3) is 3.70. The van der Waals surface area contributed by atoms with E-state index < -0.39 is 0 Å². The van der Waals surface area contributed by atoms with E-state index >= 15 is 0 Å². The highest BCUT2D eigenvalue weighted by Gasteiger charge is 2.73. The lowest BCUT2D eigenvalue weighted by Gasteiger charge is -2.18. The van der Waals surface area contributed by atoms with Crippen molar-refractivity contribution < 1.29 is 19.1 Å². The summed E-state index contributed by atoms with van der Waals surface area (Å²) in [5, 5.41) is 6.46. The van der Waals surface area contributed by atoms with Crippen LogP contribution >= 0.6 is 39.1 Å². The first-order valence-corrected chi connectivity index (χ1v) is 13.5. The van der Waals surface area contributed by atoms with Crippen LogP contribution in [0.1, 0.15) is 30.9 Å². The van der Waals surface area contributed by atoms with Crippen LogP contribution in [0.4, 0.5) is 0 Å². The molecular weight excluding hydrogens is 567 g/mol. The monoisotopic (exact) mass is 588 g/mol. The minimum absolute atomic E-state index is 0.166. The number of hydrogen-bond donors (Lipinski definition) is 0. The van der Waals surface area contributed by atoms with E-state index in [1.54, 1.807) is 24.3 Å². The van der Waals surface area contributed by atoms with Gasteiger partial charge in [0.1, 0.15) is 6.61 Å². The zero-order chi connectivity index (χ0) is 25.2. The fourth-order valence-electron chi connectivity index (χ4n) is 6.16. The van der Waals surface area contributed by atoms with Gasteiger partial charge in [0.15, 0.2) is 11.5 Å². The van der Waals surface area contributed by atoms with Crippen LogP contribution in [0.2, 0.25) is 10.0 Å². The molecule has 0 radical (unpaired) electrons. The molecule has 1 spiro atoms. The second kappa shape index (κ2) is 8.89. The van der Waals surface area contributed by atoms with Crippen LogP contribution in [0.3, 0.4) is 0 Å². The van der Waals surface area contributed by atoms with Gasteiger partial charge in [-0.05, 0) is 82.8 Å². The molecular formula is C27H23BrCl2N2O4. The smallest absolute Gasteiger partial charge is 0.254 e. The summed E-state index contributed by atoms with van der Waals surface area (Å²) in [4.78, 5) is 26.3. The van der Waals surface area contributed by atoms with Crippen molar-refractivity contribution in [3.05, 3.63) is 68.1 Å². The molecule has 2 amide bonds. The number of amides is 2. The topological polar surface area (TPSA) is 68.2 Å². The Morgan fingerprint density at radius 2 is 1.78 bits per heavy atom. The maximum absolute atomic E-state index is 13.2. The fourth-order valence-corrected chi connectivity index (χ4v) is 7.19. The highest BCUT2D eigenvalue weighted by molar-refractivity contribution is 9.10. The van der Waals surface area contributed by atoms with E-state index in [4.69, 9.17) is 32.7 Å². The molecule has 1 aliphatic heterocycles. The van der Waals surface area contributed by atoms with Gasteiger partial charge in [0, 0.05) is 15.6 Å². The molecule has 4 aliphatic rings. The second-order valence-electron chi connectivity index (χ2n) is 9.74. The van der Waals surface area contributed by atoms with Gasteiger partial charge < -0.3 is 9.47 Å². The number of halogens is 3. The number of allylic oxidation sites excluding steroid dienone is 2. The van der Waals surface area contributed by atoms with Crippen molar-refractivity contribution in [1.82, 2.24) is 5.01 Å². The summed E-state index contributed by atoms with van der Waals surface area (Å²) < 4.78 is 12.5. The summed E-state index contributed by atoms with van der Waals surface area (Å²) in [6, 6.07) is 8.81. The molecule has 36 heavy (non-hydrogen) atoms. The van der Waals surface area contributed by atoms with E-state index in [0.717, 1.165) is 23.4 Å². The lowest BCUT2D eigenvalue weighted by Crippen LogP contribution is -2.30. The van der Waals surface area contributed by atoms with Gasteiger partial charge in [-0.1, -0.05) is 41.4 Å². The zero-order valence-electron chi connectivity index (χ0n) is 19.4. The van der Waals surface area contributed by atoms with Crippen LogP contribution in [0, 0.1) is 29.1 Å². The van der Waals surface area contributed by atoms with Gasteiger partial charge in [-0.15, -0.1) is 0 Å². The minimum Gasteiger partial charge on any atom is -0.490 e. The highest BCUT2D eigenvalue weighted by Crippen LogP contribution is 2.73. The predicted molar refractivity (Wildman–Crippen MR) is 140 cm³/mol. The number of hydrogen-bond acceptors (Lipinski definition) is 5. The number of hydrazone groups is 1. The summed E-state index contributed by atoms with van der Waals surface area (Å²) >= 11 is 15.8. The number of ether oxygens (including phenoxy) is 2.